The molecule has 0 spiro atoms. The molecule has 9 heteroatoms. The van der Waals surface area contributed by atoms with Crippen molar-refractivity contribution < 1.29 is 14.3 Å². The lowest BCUT2D eigenvalue weighted by Crippen LogP contribution is -2.36. The van der Waals surface area contributed by atoms with Gasteiger partial charge in [0.15, 0.2) is 11.0 Å². The quantitative estimate of drug-likeness (QED) is 0.298. The summed E-state index contributed by atoms with van der Waals surface area (Å²) in [7, 11) is 0. The van der Waals surface area contributed by atoms with Crippen LogP contribution in [-0.4, -0.2) is 59.3 Å². The zero-order chi connectivity index (χ0) is 26.3. The maximum Gasteiger partial charge on any atom is 0.234 e. The summed E-state index contributed by atoms with van der Waals surface area (Å²) in [6, 6.07) is 23.9. The normalized spacial score (nSPS) is 13.4. The molecule has 0 atom stereocenters. The highest BCUT2D eigenvalue weighted by Crippen LogP contribution is 2.29. The van der Waals surface area contributed by atoms with E-state index in [0.717, 1.165) is 66.1 Å². The van der Waals surface area contributed by atoms with E-state index in [9.17, 15) is 4.79 Å². The number of benzene rings is 3. The summed E-state index contributed by atoms with van der Waals surface area (Å²) in [5.74, 6) is 1.62. The first-order valence-corrected chi connectivity index (χ1v) is 13.7. The van der Waals surface area contributed by atoms with Crippen LogP contribution in [0.2, 0.25) is 0 Å². The van der Waals surface area contributed by atoms with E-state index in [2.05, 4.69) is 39.5 Å². The number of hydrogen-bond acceptors (Lipinski definition) is 7. The van der Waals surface area contributed by atoms with Gasteiger partial charge in [0.05, 0.1) is 25.6 Å². The molecule has 5 rings (SSSR count). The van der Waals surface area contributed by atoms with E-state index in [4.69, 9.17) is 9.47 Å². The molecule has 8 nitrogen and oxygen atoms in total. The lowest BCUT2D eigenvalue weighted by Gasteiger charge is -2.28. The Hall–Kier alpha value is -3.82. The number of aromatic nitrogens is 3. The Morgan fingerprint density at radius 3 is 2.45 bits per heavy atom. The second-order valence-electron chi connectivity index (χ2n) is 8.92. The summed E-state index contributed by atoms with van der Waals surface area (Å²) >= 11 is 1.35. The molecule has 0 bridgehead atoms. The van der Waals surface area contributed by atoms with Crippen molar-refractivity contribution in [2.24, 2.45) is 0 Å². The number of carbonyl (C=O) groups excluding carboxylic acids is 1. The van der Waals surface area contributed by atoms with Gasteiger partial charge < -0.3 is 19.7 Å². The number of nitrogens with one attached hydrogen (secondary N) is 1. The van der Waals surface area contributed by atoms with E-state index in [1.807, 2.05) is 72.2 Å². The van der Waals surface area contributed by atoms with Gasteiger partial charge in [-0.2, -0.15) is 0 Å². The van der Waals surface area contributed by atoms with Crippen LogP contribution in [0.3, 0.4) is 0 Å². The highest BCUT2D eigenvalue weighted by molar-refractivity contribution is 7.99. The largest absolute Gasteiger partial charge is 0.494 e. The second-order valence-corrected chi connectivity index (χ2v) is 9.86. The molecule has 1 aliphatic rings. The Morgan fingerprint density at radius 1 is 1.00 bits per heavy atom. The molecule has 2 heterocycles. The average Bonchev–Trinajstić information content (AvgIpc) is 3.37. The van der Waals surface area contributed by atoms with E-state index in [-0.39, 0.29) is 11.7 Å². The van der Waals surface area contributed by atoms with Gasteiger partial charge in [-0.15, -0.1) is 10.2 Å². The molecule has 3 aromatic carbocycles. The topological polar surface area (TPSA) is 81.5 Å². The predicted molar refractivity (Wildman–Crippen MR) is 152 cm³/mol. The van der Waals surface area contributed by atoms with Gasteiger partial charge >= 0.3 is 0 Å². The first kappa shape index (κ1) is 25.8. The molecule has 0 unspecified atom stereocenters. The van der Waals surface area contributed by atoms with Crippen molar-refractivity contribution in [1.29, 1.82) is 0 Å². The van der Waals surface area contributed by atoms with Crippen LogP contribution >= 0.6 is 11.8 Å². The first-order valence-electron chi connectivity index (χ1n) is 12.7. The summed E-state index contributed by atoms with van der Waals surface area (Å²) in [6.07, 6.45) is 0. The van der Waals surface area contributed by atoms with Gasteiger partial charge in [-0.3, -0.25) is 9.36 Å². The van der Waals surface area contributed by atoms with Crippen LogP contribution in [0.1, 0.15) is 12.5 Å². The van der Waals surface area contributed by atoms with Crippen molar-refractivity contribution in [2.75, 3.05) is 48.9 Å². The molecule has 1 fully saturated rings. The summed E-state index contributed by atoms with van der Waals surface area (Å²) in [5, 5.41) is 12.6. The van der Waals surface area contributed by atoms with Crippen LogP contribution in [0.15, 0.2) is 78.0 Å². The third-order valence-electron chi connectivity index (χ3n) is 6.18. The van der Waals surface area contributed by atoms with Gasteiger partial charge in [-0.25, -0.2) is 0 Å². The predicted octanol–water partition coefficient (Wildman–Crippen LogP) is 5.21. The fraction of sp³-hybridized carbons (Fsp3) is 0.276. The zero-order valence-electron chi connectivity index (χ0n) is 21.6. The third-order valence-corrected chi connectivity index (χ3v) is 7.10. The number of morpholine rings is 1. The molecule has 1 aromatic heterocycles. The molecule has 0 radical (unpaired) electrons. The highest BCUT2D eigenvalue weighted by atomic mass is 32.2. The molecule has 4 aromatic rings. The van der Waals surface area contributed by atoms with E-state index in [0.29, 0.717) is 11.8 Å². The minimum atomic E-state index is -0.104. The summed E-state index contributed by atoms with van der Waals surface area (Å²) in [5.41, 5.74) is 4.89. The first-order chi connectivity index (χ1) is 18.6. The minimum Gasteiger partial charge on any atom is -0.494 e. The van der Waals surface area contributed by atoms with Crippen LogP contribution in [-0.2, 0) is 9.53 Å². The zero-order valence-corrected chi connectivity index (χ0v) is 22.4. The lowest BCUT2D eigenvalue weighted by molar-refractivity contribution is -0.113. The Kier molecular flexibility index (Phi) is 8.25. The summed E-state index contributed by atoms with van der Waals surface area (Å²) in [4.78, 5) is 15.1. The maximum atomic E-state index is 12.8. The number of anilines is 2. The Labute approximate surface area is 227 Å². The molecule has 0 saturated carbocycles. The van der Waals surface area contributed by atoms with Crippen LogP contribution in [0.25, 0.3) is 17.1 Å². The van der Waals surface area contributed by atoms with Crippen LogP contribution in [0.4, 0.5) is 11.4 Å². The highest BCUT2D eigenvalue weighted by Gasteiger charge is 2.18. The van der Waals surface area contributed by atoms with Crippen molar-refractivity contribution in [2.45, 2.75) is 19.0 Å². The summed E-state index contributed by atoms with van der Waals surface area (Å²) in [6.45, 7) is 7.85. The van der Waals surface area contributed by atoms with Gasteiger partial charge in [-0.05, 0) is 68.4 Å². The monoisotopic (exact) mass is 529 g/mol. The number of nitrogens with zero attached hydrogens (tertiary/aromatic N) is 4. The summed E-state index contributed by atoms with van der Waals surface area (Å²) < 4.78 is 13.0. The molecule has 1 amide bonds. The van der Waals surface area contributed by atoms with E-state index < -0.39 is 0 Å². The Morgan fingerprint density at radius 2 is 1.74 bits per heavy atom. The molecule has 38 heavy (non-hydrogen) atoms. The van der Waals surface area contributed by atoms with Crippen LogP contribution in [0.5, 0.6) is 5.75 Å². The molecule has 1 saturated heterocycles. The molecule has 0 aliphatic carbocycles. The van der Waals surface area contributed by atoms with Gasteiger partial charge in [0, 0.05) is 35.7 Å². The molecule has 196 valence electrons. The van der Waals surface area contributed by atoms with Gasteiger partial charge in [0.25, 0.3) is 0 Å². The fourth-order valence-electron chi connectivity index (χ4n) is 4.33. The van der Waals surface area contributed by atoms with Gasteiger partial charge in [0.2, 0.25) is 5.91 Å². The number of hydrogen-bond donors (Lipinski definition) is 1. The number of rotatable bonds is 9. The van der Waals surface area contributed by atoms with Crippen molar-refractivity contribution in [3.05, 3.63) is 78.4 Å². The van der Waals surface area contributed by atoms with E-state index >= 15 is 0 Å². The SMILES string of the molecule is CCOc1ccc(-n2c(SCC(=O)Nc3ccc(N4CCOCC4)cc3)nnc2-c2cccc(C)c2)cc1. The number of amides is 1. The van der Waals surface area contributed by atoms with Gasteiger partial charge in [-0.1, -0.05) is 35.5 Å². The van der Waals surface area contributed by atoms with Crippen molar-refractivity contribution in [1.82, 2.24) is 14.8 Å². The fourth-order valence-corrected chi connectivity index (χ4v) is 5.08. The Bertz CT molecular complexity index is 1370. The number of thioether (sulfide) groups is 1. The van der Waals surface area contributed by atoms with E-state index in [1.54, 1.807) is 0 Å². The van der Waals surface area contributed by atoms with E-state index in [1.165, 1.54) is 11.8 Å². The Balaban J connectivity index is 1.31. The standard InChI is InChI=1S/C29H31N5O3S/c1-3-37-26-13-11-25(12-14-26)34-28(22-6-4-5-21(2)19-22)31-32-29(34)38-20-27(35)30-23-7-9-24(10-8-23)33-15-17-36-18-16-33/h4-14,19H,3,15-18,20H2,1-2H3,(H,30,35). The lowest BCUT2D eigenvalue weighted by atomic mass is 10.1. The smallest absolute Gasteiger partial charge is 0.234 e. The van der Waals surface area contributed by atoms with Crippen LogP contribution in [0, 0.1) is 6.92 Å². The van der Waals surface area contributed by atoms with Gasteiger partial charge in [0.1, 0.15) is 5.75 Å². The molecular formula is C29H31N5O3S. The maximum absolute atomic E-state index is 12.8. The third kappa shape index (κ3) is 6.17. The minimum absolute atomic E-state index is 0.104. The number of carbonyl (C=O) groups is 1. The molecular weight excluding hydrogens is 498 g/mol. The van der Waals surface area contributed by atoms with Crippen molar-refractivity contribution >= 4 is 29.0 Å². The number of aryl methyl sites for hydroxylation is 1. The number of ether oxygens (including phenoxy) is 2. The molecule has 1 aliphatic heterocycles. The van der Waals surface area contributed by atoms with Crippen LogP contribution < -0.4 is 15.0 Å². The molecule has 1 N–H and O–H groups in total. The van der Waals surface area contributed by atoms with Crippen molar-refractivity contribution in [3.8, 4) is 22.8 Å². The van der Waals surface area contributed by atoms with Crippen molar-refractivity contribution in [3.63, 3.8) is 0 Å². The second kappa shape index (κ2) is 12.1. The average molecular weight is 530 g/mol.